The predicted octanol–water partition coefficient (Wildman–Crippen LogP) is 1.27. The van der Waals surface area contributed by atoms with Crippen LogP contribution in [0.4, 0.5) is 0 Å². The number of pyridine rings is 1. The molecule has 0 aliphatic rings. The minimum atomic E-state index is -1.12. The normalized spacial score (nSPS) is 10.9. The topological polar surface area (TPSA) is 96.7 Å². The number of hydrogen-bond donors (Lipinski definition) is 2. The van der Waals surface area contributed by atoms with E-state index in [4.69, 9.17) is 14.9 Å². The van der Waals surface area contributed by atoms with Gasteiger partial charge in [-0.25, -0.2) is 9.78 Å². The maximum atomic E-state index is 10.8. The van der Waals surface area contributed by atoms with Crippen molar-refractivity contribution in [1.82, 2.24) is 4.98 Å². The fraction of sp³-hybridized carbons (Fsp3) is 0.364. The maximum Gasteiger partial charge on any atom is 0.354 e. The van der Waals surface area contributed by atoms with Crippen molar-refractivity contribution in [3.05, 3.63) is 24.0 Å². The number of aliphatic carboxylic acids is 1. The van der Waals surface area contributed by atoms with Crippen LogP contribution in [0.25, 0.3) is 0 Å². The van der Waals surface area contributed by atoms with Crippen molar-refractivity contribution in [3.63, 3.8) is 0 Å². The number of nitrogens with zero attached hydrogens (tertiary/aromatic N) is 1. The average Bonchev–Trinajstić information content (AvgIpc) is 2.27. The largest absolute Gasteiger partial charge is 0.491 e. The third kappa shape index (κ3) is 3.44. The summed E-state index contributed by atoms with van der Waals surface area (Å²) < 4.78 is 5.23. The molecule has 0 saturated heterocycles. The fourth-order valence-electron chi connectivity index (χ4n) is 0.918. The molecule has 0 bridgehead atoms. The van der Waals surface area contributed by atoms with Gasteiger partial charge in [0.05, 0.1) is 11.6 Å². The van der Waals surface area contributed by atoms with E-state index in [0.717, 1.165) is 0 Å². The van der Waals surface area contributed by atoms with Crippen molar-refractivity contribution in [2.45, 2.75) is 13.8 Å². The number of carboxylic acids is 2. The molecule has 1 aromatic heterocycles. The van der Waals surface area contributed by atoms with Crippen LogP contribution in [-0.2, 0) is 4.79 Å². The third-order valence-corrected chi connectivity index (χ3v) is 2.13. The van der Waals surface area contributed by atoms with Crippen LogP contribution in [-0.4, -0.2) is 33.7 Å². The van der Waals surface area contributed by atoms with Gasteiger partial charge in [-0.2, -0.15) is 0 Å². The Balaban J connectivity index is 2.65. The fourth-order valence-corrected chi connectivity index (χ4v) is 0.918. The molecular weight excluding hydrogens is 226 g/mol. The van der Waals surface area contributed by atoms with Crippen molar-refractivity contribution in [1.29, 1.82) is 0 Å². The van der Waals surface area contributed by atoms with Crippen molar-refractivity contribution >= 4 is 11.9 Å². The molecule has 17 heavy (non-hydrogen) atoms. The molecule has 0 fully saturated rings. The lowest BCUT2D eigenvalue weighted by Gasteiger charge is -2.19. The number of rotatable bonds is 5. The van der Waals surface area contributed by atoms with E-state index in [0.29, 0.717) is 5.75 Å². The van der Waals surface area contributed by atoms with Crippen molar-refractivity contribution in [2.75, 3.05) is 6.61 Å². The molecule has 92 valence electrons. The minimum absolute atomic E-state index is 0.0174. The van der Waals surface area contributed by atoms with Crippen LogP contribution < -0.4 is 4.74 Å². The second kappa shape index (κ2) is 4.82. The molecule has 1 heterocycles. The third-order valence-electron chi connectivity index (χ3n) is 2.13. The van der Waals surface area contributed by atoms with Gasteiger partial charge < -0.3 is 14.9 Å². The molecular formula is C11H13NO5. The number of carbonyl (C=O) groups is 2. The monoisotopic (exact) mass is 239 g/mol. The zero-order chi connectivity index (χ0) is 13.1. The van der Waals surface area contributed by atoms with E-state index in [9.17, 15) is 9.59 Å². The van der Waals surface area contributed by atoms with Crippen LogP contribution in [0.1, 0.15) is 24.3 Å². The molecule has 0 aromatic carbocycles. The first-order chi connectivity index (χ1) is 7.83. The van der Waals surface area contributed by atoms with Crippen LogP contribution in [0.5, 0.6) is 5.75 Å². The lowest BCUT2D eigenvalue weighted by Crippen LogP contribution is -2.30. The summed E-state index contributed by atoms with van der Waals surface area (Å²) in [5.74, 6) is -1.75. The van der Waals surface area contributed by atoms with E-state index in [-0.39, 0.29) is 12.3 Å². The summed E-state index contributed by atoms with van der Waals surface area (Å²) in [5.41, 5.74) is -1.10. The molecule has 0 spiro atoms. The van der Waals surface area contributed by atoms with E-state index in [1.54, 1.807) is 0 Å². The molecule has 1 rings (SSSR count). The summed E-state index contributed by atoms with van der Waals surface area (Å²) in [4.78, 5) is 25.0. The van der Waals surface area contributed by atoms with Crippen LogP contribution in [0.3, 0.4) is 0 Å². The van der Waals surface area contributed by atoms with E-state index in [1.807, 2.05) is 0 Å². The molecule has 2 N–H and O–H groups in total. The highest BCUT2D eigenvalue weighted by molar-refractivity contribution is 5.85. The Labute approximate surface area is 97.9 Å². The Morgan fingerprint density at radius 3 is 2.41 bits per heavy atom. The van der Waals surface area contributed by atoms with Gasteiger partial charge in [-0.15, -0.1) is 0 Å². The summed E-state index contributed by atoms with van der Waals surface area (Å²) in [6, 6.07) is 2.74. The van der Waals surface area contributed by atoms with Gasteiger partial charge in [-0.05, 0) is 26.0 Å². The van der Waals surface area contributed by atoms with Crippen LogP contribution in [0.15, 0.2) is 18.3 Å². The Morgan fingerprint density at radius 2 is 2.00 bits per heavy atom. The number of aromatic carboxylic acids is 1. The van der Waals surface area contributed by atoms with E-state index in [1.165, 1.54) is 32.2 Å². The van der Waals surface area contributed by atoms with Crippen molar-refractivity contribution < 1.29 is 24.5 Å². The summed E-state index contributed by atoms with van der Waals surface area (Å²) >= 11 is 0. The highest BCUT2D eigenvalue weighted by atomic mass is 16.5. The summed E-state index contributed by atoms with van der Waals surface area (Å²) in [7, 11) is 0. The number of hydrogen-bond acceptors (Lipinski definition) is 4. The van der Waals surface area contributed by atoms with Gasteiger partial charge in [0.15, 0.2) is 0 Å². The van der Waals surface area contributed by atoms with E-state index in [2.05, 4.69) is 4.98 Å². The van der Waals surface area contributed by atoms with Gasteiger partial charge in [-0.1, -0.05) is 0 Å². The molecule has 0 radical (unpaired) electrons. The Bertz CT molecular complexity index is 424. The minimum Gasteiger partial charge on any atom is -0.491 e. The summed E-state index contributed by atoms with van der Waals surface area (Å²) in [5, 5.41) is 17.5. The van der Waals surface area contributed by atoms with Gasteiger partial charge in [-0.3, -0.25) is 4.79 Å². The molecule has 0 unspecified atom stereocenters. The number of aromatic nitrogens is 1. The van der Waals surface area contributed by atoms with Crippen molar-refractivity contribution in [3.8, 4) is 5.75 Å². The lowest BCUT2D eigenvalue weighted by atomic mass is 9.95. The second-order valence-corrected chi connectivity index (χ2v) is 4.16. The van der Waals surface area contributed by atoms with Crippen LogP contribution in [0, 0.1) is 5.41 Å². The van der Waals surface area contributed by atoms with Crippen LogP contribution in [0.2, 0.25) is 0 Å². The summed E-state index contributed by atoms with van der Waals surface area (Å²) in [6.07, 6.45) is 1.25. The summed E-state index contributed by atoms with van der Waals surface area (Å²) in [6.45, 7) is 3.05. The molecule has 1 aromatic rings. The van der Waals surface area contributed by atoms with Gasteiger partial charge in [0.1, 0.15) is 18.1 Å². The van der Waals surface area contributed by atoms with Gasteiger partial charge in [0.25, 0.3) is 0 Å². The first-order valence-electron chi connectivity index (χ1n) is 4.88. The second-order valence-electron chi connectivity index (χ2n) is 4.16. The van der Waals surface area contributed by atoms with Crippen molar-refractivity contribution in [2.24, 2.45) is 5.41 Å². The highest BCUT2D eigenvalue weighted by Gasteiger charge is 2.28. The predicted molar refractivity (Wildman–Crippen MR) is 58.1 cm³/mol. The van der Waals surface area contributed by atoms with E-state index < -0.39 is 17.4 Å². The molecule has 0 atom stereocenters. The Morgan fingerprint density at radius 1 is 1.35 bits per heavy atom. The first kappa shape index (κ1) is 13.0. The zero-order valence-corrected chi connectivity index (χ0v) is 9.51. The molecule has 6 nitrogen and oxygen atoms in total. The SMILES string of the molecule is CC(C)(COc1ccc(C(=O)O)nc1)C(=O)O. The van der Waals surface area contributed by atoms with Gasteiger partial charge in [0.2, 0.25) is 0 Å². The Kier molecular flexibility index (Phi) is 3.67. The quantitative estimate of drug-likeness (QED) is 0.803. The molecule has 0 aliphatic heterocycles. The lowest BCUT2D eigenvalue weighted by molar-refractivity contribution is -0.148. The number of ether oxygens (including phenoxy) is 1. The standard InChI is InChI=1S/C11H13NO5/c1-11(2,10(15)16)6-17-7-3-4-8(9(13)14)12-5-7/h3-5H,6H2,1-2H3,(H,13,14)(H,15,16). The van der Waals surface area contributed by atoms with E-state index >= 15 is 0 Å². The zero-order valence-electron chi connectivity index (χ0n) is 9.51. The average molecular weight is 239 g/mol. The molecule has 0 aliphatic carbocycles. The molecule has 0 amide bonds. The van der Waals surface area contributed by atoms with Gasteiger partial charge >= 0.3 is 11.9 Å². The number of carboxylic acid groups (broad SMARTS) is 2. The Hall–Kier alpha value is -2.11. The smallest absolute Gasteiger partial charge is 0.354 e. The van der Waals surface area contributed by atoms with Crippen LogP contribution >= 0.6 is 0 Å². The first-order valence-corrected chi connectivity index (χ1v) is 4.88. The molecule has 6 heteroatoms. The highest BCUT2D eigenvalue weighted by Crippen LogP contribution is 2.18. The van der Waals surface area contributed by atoms with Gasteiger partial charge in [0, 0.05) is 0 Å². The molecule has 0 saturated carbocycles. The maximum absolute atomic E-state index is 10.8.